The van der Waals surface area contributed by atoms with Gasteiger partial charge in [-0.2, -0.15) is 0 Å². The monoisotopic (exact) mass is 226 g/mol. The quantitative estimate of drug-likeness (QED) is 0.345. The summed E-state index contributed by atoms with van der Waals surface area (Å²) in [6.07, 6.45) is 15.3. The van der Waals surface area contributed by atoms with E-state index in [1.807, 2.05) is 18.2 Å². The van der Waals surface area contributed by atoms with Crippen molar-refractivity contribution in [2.45, 2.75) is 13.3 Å². The summed E-state index contributed by atoms with van der Waals surface area (Å²) >= 11 is 0. The predicted molar refractivity (Wildman–Crippen MR) is 80.6 cm³/mol. The minimum absolute atomic E-state index is 0.288. The highest BCUT2D eigenvalue weighted by atomic mass is 14.0. The summed E-state index contributed by atoms with van der Waals surface area (Å²) < 4.78 is 0. The zero-order valence-electron chi connectivity index (χ0n) is 10.8. The van der Waals surface area contributed by atoms with Gasteiger partial charge in [0.25, 0.3) is 0 Å². The molecule has 0 aromatic rings. The Balaban J connectivity index is 0. The maximum Gasteiger partial charge on any atom is 0.0331 e. The molecule has 0 radical (unpaired) electrons. The Morgan fingerprint density at radius 2 is 1.88 bits per heavy atom. The maximum absolute atomic E-state index is 5.18. The summed E-state index contributed by atoms with van der Waals surface area (Å²) in [7, 11) is 0. The van der Waals surface area contributed by atoms with Crippen LogP contribution in [0.4, 0.5) is 0 Å². The molecule has 0 aromatic heterocycles. The molecule has 0 nitrogen and oxygen atoms in total. The molecule has 0 heterocycles. The molecule has 0 fully saturated rings. The fourth-order valence-corrected chi connectivity index (χ4v) is 0.937. The molecule has 90 valence electrons. The van der Waals surface area contributed by atoms with Crippen LogP contribution < -0.4 is 0 Å². The SMILES string of the molecule is C#CCC(=C)/C=C\C(C)C(=C)/C=C\C=C.C=C. The highest BCUT2D eigenvalue weighted by Gasteiger charge is 1.98. The molecule has 1 atom stereocenters. The lowest BCUT2D eigenvalue weighted by atomic mass is 10.0. The highest BCUT2D eigenvalue weighted by Crippen LogP contribution is 2.12. The minimum atomic E-state index is 0.288. The molecule has 0 rings (SSSR count). The first kappa shape index (κ1) is 17.4. The molecule has 0 saturated carbocycles. The van der Waals surface area contributed by atoms with Gasteiger partial charge >= 0.3 is 0 Å². The normalized spacial score (nSPS) is 11.3. The van der Waals surface area contributed by atoms with E-state index in [9.17, 15) is 0 Å². The standard InChI is InChI=1S/C15H18.C2H4/c1-6-8-10-14(4)15(5)12-11-13(3)9-7-2;1-2/h2,6,8,10-12,15H,1,3-4,9H2,5H3;1-2H2/b10-8-,12-11-;. The Hall–Kier alpha value is -2.00. The Morgan fingerprint density at radius 1 is 1.29 bits per heavy atom. The van der Waals surface area contributed by atoms with E-state index in [4.69, 9.17) is 6.42 Å². The summed E-state index contributed by atoms with van der Waals surface area (Å²) in [4.78, 5) is 0. The summed E-state index contributed by atoms with van der Waals surface area (Å²) in [5, 5.41) is 0. The van der Waals surface area contributed by atoms with Crippen LogP contribution in [0.5, 0.6) is 0 Å². The lowest BCUT2D eigenvalue weighted by molar-refractivity contribution is 0.894. The summed E-state index contributed by atoms with van der Waals surface area (Å²) in [5.74, 6) is 2.84. The van der Waals surface area contributed by atoms with Gasteiger partial charge in [-0.25, -0.2) is 0 Å². The molecular formula is C17H22. The van der Waals surface area contributed by atoms with Crippen molar-refractivity contribution in [2.75, 3.05) is 0 Å². The second-order valence-corrected chi connectivity index (χ2v) is 3.36. The summed E-state index contributed by atoms with van der Waals surface area (Å²) in [5.41, 5.74) is 1.99. The van der Waals surface area contributed by atoms with Crippen molar-refractivity contribution in [1.29, 1.82) is 0 Å². The highest BCUT2D eigenvalue weighted by molar-refractivity contribution is 5.27. The van der Waals surface area contributed by atoms with Crippen LogP contribution in [0.1, 0.15) is 13.3 Å². The number of hydrogen-bond donors (Lipinski definition) is 0. The Kier molecular flexibility index (Phi) is 12.4. The van der Waals surface area contributed by atoms with Crippen LogP contribution in [0.3, 0.4) is 0 Å². The van der Waals surface area contributed by atoms with Crippen molar-refractivity contribution >= 4 is 0 Å². The molecule has 0 N–H and O–H groups in total. The zero-order valence-corrected chi connectivity index (χ0v) is 10.8. The van der Waals surface area contributed by atoms with Gasteiger partial charge in [-0.1, -0.05) is 57.0 Å². The van der Waals surface area contributed by atoms with Gasteiger partial charge in [0, 0.05) is 6.42 Å². The van der Waals surface area contributed by atoms with Gasteiger partial charge in [0.2, 0.25) is 0 Å². The maximum atomic E-state index is 5.18. The van der Waals surface area contributed by atoms with Crippen molar-refractivity contribution in [2.24, 2.45) is 5.92 Å². The van der Waals surface area contributed by atoms with Crippen LogP contribution in [-0.2, 0) is 0 Å². The minimum Gasteiger partial charge on any atom is -0.120 e. The van der Waals surface area contributed by atoms with Crippen LogP contribution in [0.15, 0.2) is 74.4 Å². The van der Waals surface area contributed by atoms with Crippen molar-refractivity contribution < 1.29 is 0 Å². The van der Waals surface area contributed by atoms with E-state index >= 15 is 0 Å². The average Bonchev–Trinajstić information content (AvgIpc) is 2.35. The third kappa shape index (κ3) is 10.3. The van der Waals surface area contributed by atoms with Crippen molar-refractivity contribution in [1.82, 2.24) is 0 Å². The third-order valence-electron chi connectivity index (χ3n) is 1.98. The molecule has 0 aliphatic carbocycles. The topological polar surface area (TPSA) is 0 Å². The van der Waals surface area contributed by atoms with Gasteiger partial charge < -0.3 is 0 Å². The van der Waals surface area contributed by atoms with Crippen molar-refractivity contribution in [3.63, 3.8) is 0 Å². The fraction of sp³-hybridized carbons (Fsp3) is 0.176. The van der Waals surface area contributed by atoms with E-state index in [1.165, 1.54) is 0 Å². The van der Waals surface area contributed by atoms with Gasteiger partial charge in [0.1, 0.15) is 0 Å². The van der Waals surface area contributed by atoms with E-state index in [-0.39, 0.29) is 5.92 Å². The molecule has 1 unspecified atom stereocenters. The van der Waals surface area contributed by atoms with Crippen LogP contribution in [0, 0.1) is 18.3 Å². The van der Waals surface area contributed by atoms with Crippen molar-refractivity contribution in [3.8, 4) is 12.3 Å². The predicted octanol–water partition coefficient (Wildman–Crippen LogP) is 4.86. The van der Waals surface area contributed by atoms with E-state index < -0.39 is 0 Å². The van der Waals surface area contributed by atoms with Crippen LogP contribution >= 0.6 is 0 Å². The number of rotatable bonds is 6. The molecule has 0 bridgehead atoms. The molecule has 0 spiro atoms. The first-order valence-corrected chi connectivity index (χ1v) is 5.39. The number of allylic oxidation sites excluding steroid dienone is 7. The molecule has 0 amide bonds. The third-order valence-corrected chi connectivity index (χ3v) is 1.98. The van der Waals surface area contributed by atoms with E-state index in [0.717, 1.165) is 11.1 Å². The lowest BCUT2D eigenvalue weighted by Gasteiger charge is -2.05. The van der Waals surface area contributed by atoms with Crippen LogP contribution in [0.2, 0.25) is 0 Å². The Bertz CT molecular complexity index is 345. The average molecular weight is 226 g/mol. The van der Waals surface area contributed by atoms with Crippen LogP contribution in [-0.4, -0.2) is 0 Å². The van der Waals surface area contributed by atoms with E-state index in [0.29, 0.717) is 6.42 Å². The summed E-state index contributed by atoms with van der Waals surface area (Å²) in [6.45, 7) is 19.5. The molecule has 0 aromatic carbocycles. The number of hydrogen-bond acceptors (Lipinski definition) is 0. The van der Waals surface area contributed by atoms with Gasteiger partial charge in [-0.15, -0.1) is 25.5 Å². The first-order chi connectivity index (χ1) is 8.11. The second kappa shape index (κ2) is 12.1. The Labute approximate surface area is 106 Å². The molecule has 0 heteroatoms. The molecule has 17 heavy (non-hydrogen) atoms. The second-order valence-electron chi connectivity index (χ2n) is 3.36. The van der Waals surface area contributed by atoms with Gasteiger partial charge in [0.15, 0.2) is 0 Å². The molecule has 0 saturated heterocycles. The van der Waals surface area contributed by atoms with Crippen LogP contribution in [0.25, 0.3) is 0 Å². The summed E-state index contributed by atoms with van der Waals surface area (Å²) in [6, 6.07) is 0. The molecule has 0 aliphatic heterocycles. The molecular weight excluding hydrogens is 204 g/mol. The fourth-order valence-electron chi connectivity index (χ4n) is 0.937. The first-order valence-electron chi connectivity index (χ1n) is 5.39. The van der Waals surface area contributed by atoms with E-state index in [2.05, 4.69) is 51.8 Å². The number of terminal acetylenes is 1. The van der Waals surface area contributed by atoms with Gasteiger partial charge in [0.05, 0.1) is 0 Å². The lowest BCUT2D eigenvalue weighted by Crippen LogP contribution is -1.90. The zero-order chi connectivity index (χ0) is 13.7. The largest absolute Gasteiger partial charge is 0.120 e. The van der Waals surface area contributed by atoms with Gasteiger partial charge in [-0.3, -0.25) is 0 Å². The van der Waals surface area contributed by atoms with Crippen molar-refractivity contribution in [3.05, 3.63) is 74.4 Å². The molecule has 0 aliphatic rings. The smallest absolute Gasteiger partial charge is 0.0331 e. The Morgan fingerprint density at radius 3 is 2.35 bits per heavy atom. The van der Waals surface area contributed by atoms with E-state index in [1.54, 1.807) is 6.08 Å². The van der Waals surface area contributed by atoms with Gasteiger partial charge in [-0.05, 0) is 17.1 Å².